The van der Waals surface area contributed by atoms with Crippen molar-refractivity contribution < 1.29 is 19.1 Å². The minimum Gasteiger partial charge on any atom is -0.497 e. The zero-order chi connectivity index (χ0) is 23.7. The number of ketones is 1. The number of carbonyl (C=O) groups is 2. The molecule has 2 aliphatic rings. The molecule has 0 saturated heterocycles. The van der Waals surface area contributed by atoms with E-state index in [2.05, 4.69) is 10.6 Å². The Bertz CT molecular complexity index is 1260. The second-order valence-electron chi connectivity index (χ2n) is 8.60. The number of hydrogen-bond acceptors (Lipinski definition) is 6. The Balaban J connectivity index is 1.53. The monoisotopic (exact) mass is 454 g/mol. The fraction of sp³-hybridized carbons (Fsp3) is 0.214. The van der Waals surface area contributed by atoms with Crippen LogP contribution in [0.2, 0.25) is 0 Å². The van der Waals surface area contributed by atoms with Crippen LogP contribution in [0.4, 0.5) is 11.4 Å². The maximum absolute atomic E-state index is 13.6. The predicted molar refractivity (Wildman–Crippen MR) is 131 cm³/mol. The zero-order valence-electron chi connectivity index (χ0n) is 19.1. The van der Waals surface area contributed by atoms with Crippen LogP contribution in [0.25, 0.3) is 0 Å². The summed E-state index contributed by atoms with van der Waals surface area (Å²) in [6.45, 7) is 1.38. The SMILES string of the molecule is COc1ccc([C@H]2CC(=O)C3=C(C2)Nc2ccccc2N[C@H]3c2ccc(OC(C)=O)cc2)cc1. The lowest BCUT2D eigenvalue weighted by atomic mass is 9.78. The molecule has 0 saturated carbocycles. The highest BCUT2D eigenvalue weighted by Crippen LogP contribution is 2.44. The van der Waals surface area contributed by atoms with Crippen molar-refractivity contribution >= 4 is 23.1 Å². The molecule has 6 heteroatoms. The Labute approximate surface area is 198 Å². The van der Waals surface area contributed by atoms with E-state index in [9.17, 15) is 9.59 Å². The first kappa shape index (κ1) is 21.8. The molecule has 34 heavy (non-hydrogen) atoms. The Morgan fingerprint density at radius 2 is 1.50 bits per heavy atom. The van der Waals surface area contributed by atoms with Gasteiger partial charge in [-0.2, -0.15) is 0 Å². The summed E-state index contributed by atoms with van der Waals surface area (Å²) in [5.74, 6) is 1.11. The Morgan fingerprint density at radius 3 is 2.18 bits per heavy atom. The van der Waals surface area contributed by atoms with Gasteiger partial charge in [-0.05, 0) is 59.9 Å². The quantitative estimate of drug-likeness (QED) is 0.395. The van der Waals surface area contributed by atoms with E-state index in [1.54, 1.807) is 19.2 Å². The van der Waals surface area contributed by atoms with Crippen LogP contribution in [0.3, 0.4) is 0 Å². The van der Waals surface area contributed by atoms with E-state index in [0.717, 1.165) is 45.9 Å². The molecule has 0 radical (unpaired) electrons. The van der Waals surface area contributed by atoms with Crippen molar-refractivity contribution in [2.75, 3.05) is 17.7 Å². The van der Waals surface area contributed by atoms with E-state index < -0.39 is 0 Å². The van der Waals surface area contributed by atoms with Crippen molar-refractivity contribution in [3.05, 3.63) is 95.2 Å². The van der Waals surface area contributed by atoms with Crippen LogP contribution in [0, 0.1) is 0 Å². The number of methoxy groups -OCH3 is 1. The fourth-order valence-electron chi connectivity index (χ4n) is 4.75. The predicted octanol–water partition coefficient (Wildman–Crippen LogP) is 5.60. The first-order valence-electron chi connectivity index (χ1n) is 11.3. The third kappa shape index (κ3) is 4.27. The van der Waals surface area contributed by atoms with Gasteiger partial charge in [-0.3, -0.25) is 9.59 Å². The number of Topliss-reactive ketones (excluding diaryl/α,β-unsaturated/α-hetero) is 1. The molecular formula is C28H26N2O4. The summed E-state index contributed by atoms with van der Waals surface area (Å²) in [5, 5.41) is 7.12. The van der Waals surface area contributed by atoms with Gasteiger partial charge < -0.3 is 20.1 Å². The van der Waals surface area contributed by atoms with Gasteiger partial charge in [0.25, 0.3) is 0 Å². The third-order valence-corrected chi connectivity index (χ3v) is 6.37. The number of fused-ring (bicyclic) bond motifs is 1. The summed E-state index contributed by atoms with van der Waals surface area (Å²) in [6, 6.07) is 22.9. The van der Waals surface area contributed by atoms with Gasteiger partial charge in [0.1, 0.15) is 11.5 Å². The van der Waals surface area contributed by atoms with E-state index >= 15 is 0 Å². The van der Waals surface area contributed by atoms with Gasteiger partial charge in [0.2, 0.25) is 0 Å². The smallest absolute Gasteiger partial charge is 0.308 e. The molecule has 172 valence electrons. The van der Waals surface area contributed by atoms with Gasteiger partial charge >= 0.3 is 5.97 Å². The Morgan fingerprint density at radius 1 is 0.853 bits per heavy atom. The second-order valence-corrected chi connectivity index (χ2v) is 8.60. The summed E-state index contributed by atoms with van der Waals surface area (Å²) in [6.07, 6.45) is 1.17. The van der Waals surface area contributed by atoms with E-state index in [-0.39, 0.29) is 23.7 Å². The van der Waals surface area contributed by atoms with E-state index in [0.29, 0.717) is 12.2 Å². The number of para-hydroxylation sites is 2. The third-order valence-electron chi connectivity index (χ3n) is 6.37. The van der Waals surface area contributed by atoms with Crippen LogP contribution in [-0.4, -0.2) is 18.9 Å². The number of hydrogen-bond donors (Lipinski definition) is 2. The highest BCUT2D eigenvalue weighted by Gasteiger charge is 2.36. The van der Waals surface area contributed by atoms with Gasteiger partial charge in [-0.25, -0.2) is 0 Å². The first-order valence-corrected chi connectivity index (χ1v) is 11.3. The molecule has 2 N–H and O–H groups in total. The standard InChI is InChI=1S/C28H26N2O4/c1-17(31)34-22-13-9-19(10-14-22)28-27-25(29-23-5-3-4-6-24(23)30-28)15-20(16-26(27)32)18-7-11-21(33-2)12-8-18/h3-14,20,28-30H,15-16H2,1-2H3/t20-,28+/m1/s1. The van der Waals surface area contributed by atoms with E-state index in [4.69, 9.17) is 9.47 Å². The largest absolute Gasteiger partial charge is 0.497 e. The molecular weight excluding hydrogens is 428 g/mol. The molecule has 0 unspecified atom stereocenters. The molecule has 1 aliphatic heterocycles. The molecule has 6 nitrogen and oxygen atoms in total. The normalized spacial score (nSPS) is 19.2. The second kappa shape index (κ2) is 9.06. The number of carbonyl (C=O) groups excluding carboxylic acids is 2. The molecule has 1 heterocycles. The van der Waals surface area contributed by atoms with Crippen LogP contribution >= 0.6 is 0 Å². The van der Waals surface area contributed by atoms with Crippen LogP contribution in [0.1, 0.15) is 42.9 Å². The van der Waals surface area contributed by atoms with Crippen molar-refractivity contribution in [1.29, 1.82) is 0 Å². The maximum Gasteiger partial charge on any atom is 0.308 e. The molecule has 3 aromatic rings. The topological polar surface area (TPSA) is 76.7 Å². The van der Waals surface area contributed by atoms with Crippen molar-refractivity contribution in [2.24, 2.45) is 0 Å². The van der Waals surface area contributed by atoms with Crippen molar-refractivity contribution in [2.45, 2.75) is 31.7 Å². The van der Waals surface area contributed by atoms with Gasteiger partial charge in [0, 0.05) is 24.6 Å². The minimum atomic E-state index is -0.365. The lowest BCUT2D eigenvalue weighted by Gasteiger charge is -2.30. The number of allylic oxidation sites excluding steroid dienone is 1. The summed E-state index contributed by atoms with van der Waals surface area (Å²) in [5.41, 5.74) is 5.61. The molecule has 1 aliphatic carbocycles. The van der Waals surface area contributed by atoms with Gasteiger partial charge in [0.15, 0.2) is 5.78 Å². The van der Waals surface area contributed by atoms with Gasteiger partial charge in [-0.1, -0.05) is 36.4 Å². The van der Waals surface area contributed by atoms with Crippen molar-refractivity contribution in [3.8, 4) is 11.5 Å². The number of anilines is 2. The first-order chi connectivity index (χ1) is 16.5. The lowest BCUT2D eigenvalue weighted by Crippen LogP contribution is -2.26. The molecule has 5 rings (SSSR count). The minimum absolute atomic E-state index is 0.0851. The van der Waals surface area contributed by atoms with Crippen LogP contribution in [0.5, 0.6) is 11.5 Å². The number of ether oxygens (including phenoxy) is 2. The molecule has 3 aromatic carbocycles. The van der Waals surface area contributed by atoms with Gasteiger partial charge in [0.05, 0.1) is 24.5 Å². The number of rotatable bonds is 4. The maximum atomic E-state index is 13.6. The van der Waals surface area contributed by atoms with Crippen LogP contribution in [0.15, 0.2) is 84.1 Å². The number of esters is 1. The molecule has 2 atom stereocenters. The average molecular weight is 455 g/mol. The molecule has 0 amide bonds. The highest BCUT2D eigenvalue weighted by atomic mass is 16.5. The molecule has 0 bridgehead atoms. The van der Waals surface area contributed by atoms with Gasteiger partial charge in [-0.15, -0.1) is 0 Å². The zero-order valence-corrected chi connectivity index (χ0v) is 19.1. The van der Waals surface area contributed by atoms with E-state index in [1.807, 2.05) is 60.7 Å². The Hall–Kier alpha value is -4.06. The van der Waals surface area contributed by atoms with E-state index in [1.165, 1.54) is 6.92 Å². The highest BCUT2D eigenvalue weighted by molar-refractivity contribution is 6.01. The Kier molecular flexibility index (Phi) is 5.80. The number of benzene rings is 3. The molecule has 0 aromatic heterocycles. The fourth-order valence-corrected chi connectivity index (χ4v) is 4.75. The van der Waals surface area contributed by atoms with Crippen LogP contribution < -0.4 is 20.1 Å². The summed E-state index contributed by atoms with van der Waals surface area (Å²) in [7, 11) is 1.65. The molecule has 0 fully saturated rings. The summed E-state index contributed by atoms with van der Waals surface area (Å²) < 4.78 is 10.5. The van der Waals surface area contributed by atoms with Crippen LogP contribution in [-0.2, 0) is 9.59 Å². The molecule has 0 spiro atoms. The summed E-state index contributed by atoms with van der Waals surface area (Å²) >= 11 is 0. The average Bonchev–Trinajstić information content (AvgIpc) is 3.01. The summed E-state index contributed by atoms with van der Waals surface area (Å²) in [4.78, 5) is 24.9. The van der Waals surface area contributed by atoms with Crippen molar-refractivity contribution in [3.63, 3.8) is 0 Å². The lowest BCUT2D eigenvalue weighted by molar-refractivity contribution is -0.131. The van der Waals surface area contributed by atoms with Crippen molar-refractivity contribution in [1.82, 2.24) is 0 Å². The number of nitrogens with one attached hydrogen (secondary N) is 2.